The Kier molecular flexibility index (Phi) is 10.7. The normalized spacial score (nSPS) is 18.1. The highest BCUT2D eigenvalue weighted by Crippen LogP contribution is 2.28. The number of aliphatic imine (C=N–C) groups is 1. The summed E-state index contributed by atoms with van der Waals surface area (Å²) in [6.45, 7) is 5.26. The number of nitrogens with zero attached hydrogens (tertiary/aromatic N) is 2. The average Bonchev–Trinajstić information content (AvgIpc) is 3.62. The maximum Gasteiger partial charge on any atom is 0.223 e. The smallest absolute Gasteiger partial charge is 0.223 e. The zero-order valence-corrected chi connectivity index (χ0v) is 20.2. The van der Waals surface area contributed by atoms with E-state index in [0.717, 1.165) is 57.4 Å². The lowest BCUT2D eigenvalue weighted by Gasteiger charge is -2.35. The third-order valence-electron chi connectivity index (χ3n) is 5.34. The summed E-state index contributed by atoms with van der Waals surface area (Å²) in [7, 11) is 3.44. The molecule has 1 amide bonds. The fraction of sp³-hybridized carbons (Fsp3) is 0.619. The summed E-state index contributed by atoms with van der Waals surface area (Å²) in [5.74, 6) is 2.00. The number of hydrogen-bond donors (Lipinski definition) is 3. The van der Waals surface area contributed by atoms with Gasteiger partial charge in [0.2, 0.25) is 5.91 Å². The van der Waals surface area contributed by atoms with Gasteiger partial charge >= 0.3 is 0 Å². The average molecular weight is 531 g/mol. The number of halogens is 1. The van der Waals surface area contributed by atoms with E-state index in [-0.39, 0.29) is 41.8 Å². The van der Waals surface area contributed by atoms with Gasteiger partial charge in [-0.15, -0.1) is 24.0 Å². The summed E-state index contributed by atoms with van der Waals surface area (Å²) < 4.78 is 10.8. The molecule has 8 nitrogen and oxygen atoms in total. The van der Waals surface area contributed by atoms with Crippen LogP contribution in [0, 0.1) is 5.92 Å². The van der Waals surface area contributed by atoms with Crippen LogP contribution in [0.2, 0.25) is 0 Å². The molecule has 1 aromatic carbocycles. The zero-order valence-electron chi connectivity index (χ0n) is 17.9. The molecule has 1 unspecified atom stereocenters. The Labute approximate surface area is 196 Å². The second kappa shape index (κ2) is 13.0. The fourth-order valence-corrected chi connectivity index (χ4v) is 3.44. The highest BCUT2D eigenvalue weighted by atomic mass is 127. The largest absolute Gasteiger partial charge is 0.497 e. The maximum atomic E-state index is 11.7. The van der Waals surface area contributed by atoms with Crippen LogP contribution in [0.5, 0.6) is 5.75 Å². The van der Waals surface area contributed by atoms with Crippen LogP contribution in [0.15, 0.2) is 29.3 Å². The predicted molar refractivity (Wildman–Crippen MR) is 129 cm³/mol. The molecule has 0 bridgehead atoms. The number of methoxy groups -OCH3 is 1. The van der Waals surface area contributed by atoms with Gasteiger partial charge in [-0.05, 0) is 30.5 Å². The molecule has 1 atom stereocenters. The van der Waals surface area contributed by atoms with Crippen LogP contribution in [0.1, 0.15) is 24.4 Å². The number of nitrogens with one attached hydrogen (secondary N) is 3. The van der Waals surface area contributed by atoms with Crippen LogP contribution < -0.4 is 20.7 Å². The molecule has 2 fully saturated rings. The highest BCUT2D eigenvalue weighted by Gasteiger charge is 2.29. The summed E-state index contributed by atoms with van der Waals surface area (Å²) >= 11 is 0. The monoisotopic (exact) mass is 531 g/mol. The van der Waals surface area contributed by atoms with E-state index in [1.807, 2.05) is 12.1 Å². The van der Waals surface area contributed by atoms with Crippen molar-refractivity contribution in [1.29, 1.82) is 0 Å². The Balaban J connectivity index is 0.00000320. The van der Waals surface area contributed by atoms with Gasteiger partial charge in [-0.2, -0.15) is 0 Å². The number of ether oxygens (including phenoxy) is 2. The first-order valence-electron chi connectivity index (χ1n) is 10.4. The van der Waals surface area contributed by atoms with Gasteiger partial charge in [0.15, 0.2) is 5.96 Å². The molecule has 1 aliphatic carbocycles. The van der Waals surface area contributed by atoms with Crippen LogP contribution in [0.4, 0.5) is 0 Å². The second-order valence-corrected chi connectivity index (χ2v) is 7.38. The van der Waals surface area contributed by atoms with E-state index in [9.17, 15) is 4.79 Å². The van der Waals surface area contributed by atoms with E-state index in [4.69, 9.17) is 9.47 Å². The van der Waals surface area contributed by atoms with Crippen LogP contribution >= 0.6 is 24.0 Å². The van der Waals surface area contributed by atoms with E-state index < -0.39 is 0 Å². The highest BCUT2D eigenvalue weighted by molar-refractivity contribution is 14.0. The maximum absolute atomic E-state index is 11.7. The van der Waals surface area contributed by atoms with E-state index in [2.05, 4.69) is 38.0 Å². The first kappa shape index (κ1) is 24.7. The number of morpholine rings is 1. The molecule has 1 saturated heterocycles. The van der Waals surface area contributed by atoms with Crippen LogP contribution in [0.25, 0.3) is 0 Å². The lowest BCUT2D eigenvalue weighted by molar-refractivity contribution is -0.122. The first-order valence-corrected chi connectivity index (χ1v) is 10.4. The zero-order chi connectivity index (χ0) is 20.5. The number of guanidine groups is 1. The molecule has 1 heterocycles. The molecule has 1 aliphatic heterocycles. The van der Waals surface area contributed by atoms with E-state index in [0.29, 0.717) is 13.1 Å². The minimum Gasteiger partial charge on any atom is -0.497 e. The lowest BCUT2D eigenvalue weighted by atomic mass is 10.0. The van der Waals surface area contributed by atoms with Gasteiger partial charge in [0.05, 0.1) is 26.4 Å². The number of carbonyl (C=O) groups is 1. The molecule has 2 aliphatic rings. The molecule has 0 aromatic heterocycles. The van der Waals surface area contributed by atoms with Gasteiger partial charge in [-0.25, -0.2) is 0 Å². The van der Waals surface area contributed by atoms with Crippen molar-refractivity contribution in [2.45, 2.75) is 18.9 Å². The third kappa shape index (κ3) is 7.59. The van der Waals surface area contributed by atoms with Crippen LogP contribution in [0.3, 0.4) is 0 Å². The van der Waals surface area contributed by atoms with Crippen molar-refractivity contribution in [3.05, 3.63) is 29.8 Å². The number of benzene rings is 1. The summed E-state index contributed by atoms with van der Waals surface area (Å²) in [5.41, 5.74) is 1.23. The molecular formula is C21H34IN5O3. The third-order valence-corrected chi connectivity index (χ3v) is 5.34. The van der Waals surface area contributed by atoms with Crippen LogP contribution in [-0.2, 0) is 9.53 Å². The van der Waals surface area contributed by atoms with Crippen LogP contribution in [-0.4, -0.2) is 76.9 Å². The molecule has 30 heavy (non-hydrogen) atoms. The number of carbonyl (C=O) groups excluding carboxylic acids is 1. The van der Waals surface area contributed by atoms with Crippen molar-refractivity contribution < 1.29 is 14.3 Å². The van der Waals surface area contributed by atoms with Gasteiger partial charge < -0.3 is 25.4 Å². The number of hydrogen-bond acceptors (Lipinski definition) is 5. The molecular weight excluding hydrogens is 497 g/mol. The number of amides is 1. The van der Waals surface area contributed by atoms with Gasteiger partial charge in [-0.3, -0.25) is 14.7 Å². The van der Waals surface area contributed by atoms with Gasteiger partial charge in [0.25, 0.3) is 0 Å². The fourth-order valence-electron chi connectivity index (χ4n) is 3.44. The van der Waals surface area contributed by atoms with Gasteiger partial charge in [0.1, 0.15) is 5.75 Å². The molecule has 1 saturated carbocycles. The van der Waals surface area contributed by atoms with Crippen molar-refractivity contribution in [3.63, 3.8) is 0 Å². The summed E-state index contributed by atoms with van der Waals surface area (Å²) in [6.07, 6.45) is 2.05. The quantitative estimate of drug-likeness (QED) is 0.193. The molecule has 1 aromatic rings. The Hall–Kier alpha value is -1.59. The Morgan fingerprint density at radius 2 is 1.83 bits per heavy atom. The van der Waals surface area contributed by atoms with Crippen molar-refractivity contribution in [1.82, 2.24) is 20.9 Å². The molecule has 3 N–H and O–H groups in total. The first-order chi connectivity index (χ1) is 14.2. The number of rotatable bonds is 9. The molecule has 0 spiro atoms. The minimum absolute atomic E-state index is 0. The van der Waals surface area contributed by atoms with Crippen molar-refractivity contribution >= 4 is 35.8 Å². The van der Waals surface area contributed by atoms with Gasteiger partial charge in [-0.1, -0.05) is 12.1 Å². The Morgan fingerprint density at radius 1 is 1.17 bits per heavy atom. The topological polar surface area (TPSA) is 87.2 Å². The second-order valence-electron chi connectivity index (χ2n) is 7.38. The molecule has 9 heteroatoms. The molecule has 168 valence electrons. The summed E-state index contributed by atoms with van der Waals surface area (Å²) in [5, 5.41) is 9.66. The van der Waals surface area contributed by atoms with Crippen molar-refractivity contribution in [3.8, 4) is 5.75 Å². The predicted octanol–water partition coefficient (Wildman–Crippen LogP) is 1.38. The Bertz CT molecular complexity index is 676. The van der Waals surface area contributed by atoms with Crippen molar-refractivity contribution in [2.24, 2.45) is 10.9 Å². The van der Waals surface area contributed by atoms with E-state index in [1.54, 1.807) is 14.2 Å². The summed E-state index contributed by atoms with van der Waals surface area (Å²) in [6, 6.07) is 8.43. The minimum atomic E-state index is 0. The lowest BCUT2D eigenvalue weighted by Crippen LogP contribution is -2.47. The standard InChI is InChI=1S/C21H33N5O3.HI/c1-22-21(24-10-9-23-20(27)17-3-4-17)25-15-19(26-11-13-29-14-12-26)16-5-7-18(28-2)8-6-16;/h5-8,17,19H,3-4,9-15H2,1-2H3,(H,23,27)(H2,22,24,25);1H. The SMILES string of the molecule is CN=C(NCCNC(=O)C1CC1)NCC(c1ccc(OC)cc1)N1CCOCC1.I. The van der Waals surface area contributed by atoms with E-state index in [1.165, 1.54) is 5.56 Å². The van der Waals surface area contributed by atoms with Gasteiger partial charge in [0, 0.05) is 45.7 Å². The Morgan fingerprint density at radius 3 is 2.43 bits per heavy atom. The molecule has 3 rings (SSSR count). The van der Waals surface area contributed by atoms with E-state index >= 15 is 0 Å². The summed E-state index contributed by atoms with van der Waals surface area (Å²) in [4.78, 5) is 18.4. The molecule has 0 radical (unpaired) electrons. The van der Waals surface area contributed by atoms with Crippen molar-refractivity contribution in [2.75, 3.05) is 60.1 Å².